The number of carbonyl (C=O) groups is 2. The zero-order chi connectivity index (χ0) is 13.4. The Balaban J connectivity index is 2.40. The molecule has 0 heterocycles. The highest BCUT2D eigenvalue weighted by atomic mass is 16.1. The van der Waals surface area contributed by atoms with Crippen molar-refractivity contribution in [2.24, 2.45) is 0 Å². The topological polar surface area (TPSA) is 46.2 Å². The second kappa shape index (κ2) is 7.64. The van der Waals surface area contributed by atoms with E-state index in [-0.39, 0.29) is 11.7 Å². The van der Waals surface area contributed by atoms with Crippen molar-refractivity contribution in [3.63, 3.8) is 0 Å². The fraction of sp³-hybridized carbons (Fsp3) is 0.467. The quantitative estimate of drug-likeness (QED) is 0.595. The maximum atomic E-state index is 11.6. The molecule has 0 saturated heterocycles. The number of carbonyl (C=O) groups excluding carboxylic acids is 2. The largest absolute Gasteiger partial charge is 0.356 e. The van der Waals surface area contributed by atoms with E-state index in [2.05, 4.69) is 5.32 Å². The summed E-state index contributed by atoms with van der Waals surface area (Å²) in [5.74, 6) is 0.220. The summed E-state index contributed by atoms with van der Waals surface area (Å²) in [4.78, 5) is 22.3. The molecule has 1 amide bonds. The van der Waals surface area contributed by atoms with E-state index in [1.54, 1.807) is 0 Å². The molecular formula is C15H21NO2. The molecule has 0 aliphatic heterocycles. The van der Waals surface area contributed by atoms with Gasteiger partial charge in [-0.25, -0.2) is 0 Å². The van der Waals surface area contributed by atoms with Gasteiger partial charge in [-0.15, -0.1) is 0 Å². The van der Waals surface area contributed by atoms with Crippen molar-refractivity contribution in [3.8, 4) is 0 Å². The van der Waals surface area contributed by atoms with Crippen molar-refractivity contribution < 1.29 is 9.59 Å². The van der Waals surface area contributed by atoms with Crippen molar-refractivity contribution in [1.82, 2.24) is 5.32 Å². The summed E-state index contributed by atoms with van der Waals surface area (Å²) in [5.41, 5.74) is 2.00. The molecule has 1 aromatic rings. The van der Waals surface area contributed by atoms with Crippen LogP contribution in [0.2, 0.25) is 0 Å². The van der Waals surface area contributed by atoms with E-state index in [1.165, 1.54) is 12.5 Å². The monoisotopic (exact) mass is 247 g/mol. The first kappa shape index (κ1) is 14.4. The standard InChI is InChI=1S/C15H21NO2/c1-3-5-15(18)14-9-7-13(8-10-14)6-4-11-16-12(2)17/h7-10H,3-6,11H2,1-2H3,(H,16,17). The molecule has 0 unspecified atom stereocenters. The van der Waals surface area contributed by atoms with Crippen LogP contribution in [-0.2, 0) is 11.2 Å². The van der Waals surface area contributed by atoms with Crippen LogP contribution in [0.25, 0.3) is 0 Å². The lowest BCUT2D eigenvalue weighted by Gasteiger charge is -2.04. The summed E-state index contributed by atoms with van der Waals surface area (Å²) in [6.45, 7) is 4.23. The number of aryl methyl sites for hydroxylation is 1. The van der Waals surface area contributed by atoms with Gasteiger partial charge in [0.25, 0.3) is 0 Å². The smallest absolute Gasteiger partial charge is 0.216 e. The number of hydrogen-bond donors (Lipinski definition) is 1. The number of ketones is 1. The second-order valence-corrected chi connectivity index (χ2v) is 4.46. The molecule has 0 atom stereocenters. The molecule has 3 nitrogen and oxygen atoms in total. The number of Topliss-reactive ketones (excluding diaryl/α,β-unsaturated/α-hetero) is 1. The van der Waals surface area contributed by atoms with Crippen LogP contribution in [0.3, 0.4) is 0 Å². The number of nitrogens with one attached hydrogen (secondary N) is 1. The van der Waals surface area contributed by atoms with Gasteiger partial charge < -0.3 is 5.32 Å². The lowest BCUT2D eigenvalue weighted by molar-refractivity contribution is -0.118. The first-order valence-electron chi connectivity index (χ1n) is 6.50. The minimum Gasteiger partial charge on any atom is -0.356 e. The molecule has 18 heavy (non-hydrogen) atoms. The zero-order valence-corrected chi connectivity index (χ0v) is 11.2. The fourth-order valence-corrected chi connectivity index (χ4v) is 1.79. The summed E-state index contributed by atoms with van der Waals surface area (Å²) < 4.78 is 0. The number of rotatable bonds is 7. The van der Waals surface area contributed by atoms with Gasteiger partial charge in [-0.2, -0.15) is 0 Å². The molecule has 98 valence electrons. The Morgan fingerprint density at radius 3 is 2.39 bits per heavy atom. The zero-order valence-electron chi connectivity index (χ0n) is 11.2. The van der Waals surface area contributed by atoms with Gasteiger partial charge in [0.2, 0.25) is 5.91 Å². The average Bonchev–Trinajstić information content (AvgIpc) is 2.35. The molecule has 0 saturated carbocycles. The normalized spacial score (nSPS) is 10.1. The third-order valence-corrected chi connectivity index (χ3v) is 2.77. The second-order valence-electron chi connectivity index (χ2n) is 4.46. The highest BCUT2D eigenvalue weighted by Crippen LogP contribution is 2.09. The molecule has 0 radical (unpaired) electrons. The van der Waals surface area contributed by atoms with Crippen molar-refractivity contribution >= 4 is 11.7 Å². The van der Waals surface area contributed by atoms with Crippen molar-refractivity contribution in [1.29, 1.82) is 0 Å². The highest BCUT2D eigenvalue weighted by Gasteiger charge is 2.03. The van der Waals surface area contributed by atoms with Crippen LogP contribution in [0.4, 0.5) is 0 Å². The average molecular weight is 247 g/mol. The van der Waals surface area contributed by atoms with E-state index in [0.717, 1.165) is 24.8 Å². The Morgan fingerprint density at radius 2 is 1.83 bits per heavy atom. The molecular weight excluding hydrogens is 226 g/mol. The Labute approximate surface area is 109 Å². The molecule has 0 aliphatic rings. The molecule has 1 rings (SSSR count). The van der Waals surface area contributed by atoms with Gasteiger partial charge in [0.15, 0.2) is 5.78 Å². The lowest BCUT2D eigenvalue weighted by atomic mass is 10.0. The maximum Gasteiger partial charge on any atom is 0.216 e. The Morgan fingerprint density at radius 1 is 1.17 bits per heavy atom. The van der Waals surface area contributed by atoms with Crippen molar-refractivity contribution in [2.45, 2.75) is 39.5 Å². The summed E-state index contributed by atoms with van der Waals surface area (Å²) in [7, 11) is 0. The van der Waals surface area contributed by atoms with Gasteiger partial charge in [-0.3, -0.25) is 9.59 Å². The third-order valence-electron chi connectivity index (χ3n) is 2.77. The van der Waals surface area contributed by atoms with Crippen LogP contribution in [0.15, 0.2) is 24.3 Å². The van der Waals surface area contributed by atoms with Gasteiger partial charge in [0.05, 0.1) is 0 Å². The van der Waals surface area contributed by atoms with Gasteiger partial charge in [0, 0.05) is 25.5 Å². The fourth-order valence-electron chi connectivity index (χ4n) is 1.79. The maximum absolute atomic E-state index is 11.6. The van der Waals surface area contributed by atoms with Crippen LogP contribution >= 0.6 is 0 Å². The molecule has 3 heteroatoms. The highest BCUT2D eigenvalue weighted by molar-refractivity contribution is 5.95. The van der Waals surface area contributed by atoms with Crippen LogP contribution in [-0.4, -0.2) is 18.2 Å². The molecule has 1 N–H and O–H groups in total. The number of amides is 1. The molecule has 1 aromatic carbocycles. The Hall–Kier alpha value is -1.64. The van der Waals surface area contributed by atoms with E-state index in [1.807, 2.05) is 31.2 Å². The predicted octanol–water partition coefficient (Wildman–Crippen LogP) is 2.74. The Kier molecular flexibility index (Phi) is 6.12. The summed E-state index contributed by atoms with van der Waals surface area (Å²) >= 11 is 0. The van der Waals surface area contributed by atoms with E-state index in [4.69, 9.17) is 0 Å². The van der Waals surface area contributed by atoms with E-state index in [0.29, 0.717) is 13.0 Å². The first-order chi connectivity index (χ1) is 8.63. The van der Waals surface area contributed by atoms with Crippen LogP contribution < -0.4 is 5.32 Å². The van der Waals surface area contributed by atoms with Crippen molar-refractivity contribution in [3.05, 3.63) is 35.4 Å². The van der Waals surface area contributed by atoms with Gasteiger partial charge in [-0.1, -0.05) is 31.2 Å². The van der Waals surface area contributed by atoms with Gasteiger partial charge >= 0.3 is 0 Å². The van der Waals surface area contributed by atoms with Crippen LogP contribution in [0.1, 0.15) is 49.0 Å². The first-order valence-corrected chi connectivity index (χ1v) is 6.50. The van der Waals surface area contributed by atoms with Crippen LogP contribution in [0.5, 0.6) is 0 Å². The molecule has 0 spiro atoms. The van der Waals surface area contributed by atoms with E-state index in [9.17, 15) is 9.59 Å². The summed E-state index contributed by atoms with van der Waals surface area (Å²) in [6, 6.07) is 7.78. The molecule has 0 aliphatic carbocycles. The number of benzene rings is 1. The van der Waals surface area contributed by atoms with E-state index >= 15 is 0 Å². The predicted molar refractivity (Wildman–Crippen MR) is 72.7 cm³/mol. The van der Waals surface area contributed by atoms with Gasteiger partial charge in [-0.05, 0) is 24.8 Å². The Bertz CT molecular complexity index is 395. The molecule has 0 aromatic heterocycles. The molecule has 0 fully saturated rings. The van der Waals surface area contributed by atoms with E-state index < -0.39 is 0 Å². The summed E-state index contributed by atoms with van der Waals surface area (Å²) in [5, 5.41) is 2.77. The van der Waals surface area contributed by atoms with Crippen molar-refractivity contribution in [2.75, 3.05) is 6.54 Å². The molecule has 0 bridgehead atoms. The summed E-state index contributed by atoms with van der Waals surface area (Å²) in [6.07, 6.45) is 3.34. The SMILES string of the molecule is CCCC(=O)c1ccc(CCCNC(C)=O)cc1. The lowest BCUT2D eigenvalue weighted by Crippen LogP contribution is -2.21. The minimum absolute atomic E-state index is 0.00973. The minimum atomic E-state index is 0.00973. The number of hydrogen-bond acceptors (Lipinski definition) is 2. The third kappa shape index (κ3) is 5.13. The van der Waals surface area contributed by atoms with Crippen LogP contribution in [0, 0.1) is 0 Å². The van der Waals surface area contributed by atoms with Gasteiger partial charge in [0.1, 0.15) is 0 Å².